The first-order valence-corrected chi connectivity index (χ1v) is 7.85. The molecule has 2 aromatic heterocycles. The number of anilines is 1. The number of fused-ring (bicyclic) bond motifs is 1. The van der Waals surface area contributed by atoms with Crippen LogP contribution in [0.4, 0.5) is 5.82 Å². The summed E-state index contributed by atoms with van der Waals surface area (Å²) in [4.78, 5) is 16.0. The highest BCUT2D eigenvalue weighted by atomic mass is 79.9. The van der Waals surface area contributed by atoms with Gasteiger partial charge in [0.2, 0.25) is 0 Å². The second kappa shape index (κ2) is 6.26. The lowest BCUT2D eigenvalue weighted by Crippen LogP contribution is -2.27. The lowest BCUT2D eigenvalue weighted by Gasteiger charge is -2.18. The molecule has 22 heavy (non-hydrogen) atoms. The monoisotopic (exact) mass is 368 g/mol. The largest absolute Gasteiger partial charge is 0.360 e. The van der Waals surface area contributed by atoms with E-state index in [0.29, 0.717) is 0 Å². The summed E-state index contributed by atoms with van der Waals surface area (Å²) >= 11 is 3.52. The Kier molecular flexibility index (Phi) is 4.77. The van der Waals surface area contributed by atoms with Crippen LogP contribution in [-0.4, -0.2) is 27.0 Å². The van der Waals surface area contributed by atoms with Crippen LogP contribution in [0.15, 0.2) is 16.6 Å². The van der Waals surface area contributed by atoms with Crippen LogP contribution in [0.1, 0.15) is 32.2 Å². The van der Waals surface area contributed by atoms with Crippen LogP contribution in [-0.2, 0) is 11.2 Å². The summed E-state index contributed by atoms with van der Waals surface area (Å²) in [7, 11) is 0. The van der Waals surface area contributed by atoms with Gasteiger partial charge in [-0.2, -0.15) is 0 Å². The summed E-state index contributed by atoms with van der Waals surface area (Å²) in [6.07, 6.45) is 0.773. The molecular weight excluding hydrogens is 348 g/mol. The van der Waals surface area contributed by atoms with Crippen molar-refractivity contribution >= 4 is 33.3 Å². The fourth-order valence-electron chi connectivity index (χ4n) is 2.32. The third-order valence-corrected chi connectivity index (χ3v) is 4.11. The standard InChI is InChI=1S/C15H21BrN4O2/c1-9-10(16)5-6-12-18-11(7-15(2,3)4)14(20(9)12)17-8-13(21)19-22/h5-6,17,22H,7-8H2,1-4H3,(H,19,21). The van der Waals surface area contributed by atoms with Crippen LogP contribution >= 0.6 is 15.9 Å². The Labute approximate surface area is 138 Å². The number of hydrogen-bond acceptors (Lipinski definition) is 4. The van der Waals surface area contributed by atoms with E-state index in [1.807, 2.05) is 23.5 Å². The molecule has 0 unspecified atom stereocenters. The molecule has 0 saturated heterocycles. The number of aromatic nitrogens is 2. The van der Waals surface area contributed by atoms with Crippen LogP contribution in [0.25, 0.3) is 5.65 Å². The summed E-state index contributed by atoms with van der Waals surface area (Å²) in [6.45, 7) is 8.39. The average Bonchev–Trinajstić information content (AvgIpc) is 2.76. The number of imidazole rings is 1. The van der Waals surface area contributed by atoms with Crippen molar-refractivity contribution in [1.82, 2.24) is 14.9 Å². The number of hydroxylamine groups is 1. The predicted molar refractivity (Wildman–Crippen MR) is 89.2 cm³/mol. The third kappa shape index (κ3) is 3.59. The Morgan fingerprint density at radius 2 is 2.09 bits per heavy atom. The van der Waals surface area contributed by atoms with Gasteiger partial charge in [-0.3, -0.25) is 14.4 Å². The molecule has 2 heterocycles. The lowest BCUT2D eigenvalue weighted by atomic mass is 9.90. The van der Waals surface area contributed by atoms with Gasteiger partial charge in [0.05, 0.1) is 12.2 Å². The minimum atomic E-state index is -0.496. The number of halogens is 1. The van der Waals surface area contributed by atoms with Crippen LogP contribution in [0.2, 0.25) is 0 Å². The van der Waals surface area contributed by atoms with Crippen molar-refractivity contribution in [3.63, 3.8) is 0 Å². The van der Waals surface area contributed by atoms with Gasteiger partial charge in [-0.25, -0.2) is 10.5 Å². The van der Waals surface area contributed by atoms with Gasteiger partial charge in [0.1, 0.15) is 11.5 Å². The molecule has 0 atom stereocenters. The van der Waals surface area contributed by atoms with E-state index >= 15 is 0 Å². The second-order valence-electron chi connectivity index (χ2n) is 6.49. The van der Waals surface area contributed by atoms with Crippen LogP contribution in [0, 0.1) is 12.3 Å². The molecule has 0 aromatic carbocycles. The van der Waals surface area contributed by atoms with Crippen molar-refractivity contribution in [3.8, 4) is 0 Å². The van der Waals surface area contributed by atoms with E-state index in [0.717, 1.165) is 33.7 Å². The summed E-state index contributed by atoms with van der Waals surface area (Å²) < 4.78 is 2.95. The molecule has 0 radical (unpaired) electrons. The Balaban J connectivity index is 2.53. The van der Waals surface area contributed by atoms with Crippen molar-refractivity contribution < 1.29 is 10.0 Å². The number of amides is 1. The molecular formula is C15H21BrN4O2. The minimum absolute atomic E-state index is 0.0204. The normalized spacial score (nSPS) is 11.7. The average molecular weight is 369 g/mol. The maximum Gasteiger partial charge on any atom is 0.262 e. The van der Waals surface area contributed by atoms with Gasteiger partial charge in [0.15, 0.2) is 0 Å². The van der Waals surface area contributed by atoms with E-state index in [9.17, 15) is 4.79 Å². The predicted octanol–water partition coefficient (Wildman–Crippen LogP) is 2.91. The molecule has 120 valence electrons. The van der Waals surface area contributed by atoms with Crippen molar-refractivity contribution in [3.05, 3.63) is 28.0 Å². The molecule has 0 spiro atoms. The lowest BCUT2D eigenvalue weighted by molar-refractivity contribution is -0.127. The van der Waals surface area contributed by atoms with E-state index < -0.39 is 5.91 Å². The van der Waals surface area contributed by atoms with Gasteiger partial charge in [0.25, 0.3) is 5.91 Å². The number of nitrogens with one attached hydrogen (secondary N) is 2. The number of aryl methyl sites for hydroxylation is 1. The maximum atomic E-state index is 11.3. The molecule has 0 aliphatic rings. The number of carbonyl (C=O) groups is 1. The molecule has 7 heteroatoms. The molecule has 6 nitrogen and oxygen atoms in total. The zero-order valence-corrected chi connectivity index (χ0v) is 14.8. The van der Waals surface area contributed by atoms with E-state index in [4.69, 9.17) is 5.21 Å². The first-order chi connectivity index (χ1) is 10.2. The molecule has 0 saturated carbocycles. The molecule has 2 aromatic rings. The summed E-state index contributed by atoms with van der Waals surface area (Å²) in [5.41, 5.74) is 4.42. The van der Waals surface area contributed by atoms with Crippen molar-refractivity contribution in [1.29, 1.82) is 0 Å². The number of rotatable bonds is 4. The van der Waals surface area contributed by atoms with Crippen molar-refractivity contribution in [2.45, 2.75) is 34.1 Å². The second-order valence-corrected chi connectivity index (χ2v) is 7.35. The van der Waals surface area contributed by atoms with Crippen molar-refractivity contribution in [2.24, 2.45) is 5.41 Å². The highest BCUT2D eigenvalue weighted by molar-refractivity contribution is 9.10. The van der Waals surface area contributed by atoms with Gasteiger partial charge in [-0.05, 0) is 46.8 Å². The molecule has 0 aliphatic carbocycles. The van der Waals surface area contributed by atoms with Crippen LogP contribution in [0.3, 0.4) is 0 Å². The van der Waals surface area contributed by atoms with Crippen molar-refractivity contribution in [2.75, 3.05) is 11.9 Å². The fraction of sp³-hybridized carbons (Fsp3) is 0.467. The topological polar surface area (TPSA) is 78.7 Å². The quantitative estimate of drug-likeness (QED) is 0.572. The Bertz CT molecular complexity index is 704. The first-order valence-electron chi connectivity index (χ1n) is 7.06. The number of nitrogens with zero attached hydrogens (tertiary/aromatic N) is 2. The first kappa shape index (κ1) is 16.8. The molecule has 2 rings (SSSR count). The highest BCUT2D eigenvalue weighted by Crippen LogP contribution is 2.29. The fourth-order valence-corrected chi connectivity index (χ4v) is 2.63. The Morgan fingerprint density at radius 3 is 2.68 bits per heavy atom. The zero-order valence-electron chi connectivity index (χ0n) is 13.2. The number of carbonyl (C=O) groups excluding carboxylic acids is 1. The van der Waals surface area contributed by atoms with Gasteiger partial charge in [-0.15, -0.1) is 0 Å². The van der Waals surface area contributed by atoms with E-state index in [1.54, 1.807) is 5.48 Å². The van der Waals surface area contributed by atoms with Gasteiger partial charge >= 0.3 is 0 Å². The Hall–Kier alpha value is -1.60. The number of pyridine rings is 1. The SMILES string of the molecule is Cc1c(Br)ccc2nc(CC(C)(C)C)c(NCC(=O)NO)n12. The van der Waals surface area contributed by atoms with E-state index in [1.165, 1.54) is 0 Å². The summed E-state index contributed by atoms with van der Waals surface area (Å²) in [5.74, 6) is 0.289. The summed E-state index contributed by atoms with van der Waals surface area (Å²) in [5, 5.41) is 11.7. The zero-order chi connectivity index (χ0) is 16.5. The maximum absolute atomic E-state index is 11.3. The van der Waals surface area contributed by atoms with Crippen LogP contribution < -0.4 is 10.8 Å². The molecule has 0 fully saturated rings. The summed E-state index contributed by atoms with van der Waals surface area (Å²) in [6, 6.07) is 3.89. The molecule has 1 amide bonds. The van der Waals surface area contributed by atoms with E-state index in [2.05, 4.69) is 47.0 Å². The smallest absolute Gasteiger partial charge is 0.262 e. The van der Waals surface area contributed by atoms with Gasteiger partial charge in [0, 0.05) is 10.2 Å². The highest BCUT2D eigenvalue weighted by Gasteiger charge is 2.20. The van der Waals surface area contributed by atoms with Gasteiger partial charge in [-0.1, -0.05) is 20.8 Å². The van der Waals surface area contributed by atoms with E-state index in [-0.39, 0.29) is 12.0 Å². The Morgan fingerprint density at radius 1 is 1.41 bits per heavy atom. The molecule has 0 aliphatic heterocycles. The molecule has 3 N–H and O–H groups in total. The number of hydrogen-bond donors (Lipinski definition) is 3. The third-order valence-electron chi connectivity index (χ3n) is 3.27. The minimum Gasteiger partial charge on any atom is -0.360 e. The van der Waals surface area contributed by atoms with Crippen LogP contribution in [0.5, 0.6) is 0 Å². The van der Waals surface area contributed by atoms with Gasteiger partial charge < -0.3 is 5.32 Å². The molecule has 0 bridgehead atoms.